The SMILES string of the molecule is CC/C=C\C/C=C\C/C=C\CCCCCCCC(=O)OCCCCCCCCCCC(C)CC. The zero-order valence-electron chi connectivity index (χ0n) is 23.2. The number of ether oxygens (including phenoxy) is 1. The Hall–Kier alpha value is -1.31. The van der Waals surface area contributed by atoms with Crippen LogP contribution in [-0.2, 0) is 9.53 Å². The lowest BCUT2D eigenvalue weighted by molar-refractivity contribution is -0.143. The minimum absolute atomic E-state index is 0.00230. The lowest BCUT2D eigenvalue weighted by atomic mass is 10.00. The Labute approximate surface area is 213 Å². The topological polar surface area (TPSA) is 26.3 Å². The molecule has 0 rings (SSSR count). The van der Waals surface area contributed by atoms with Crippen molar-refractivity contribution in [2.45, 2.75) is 149 Å². The van der Waals surface area contributed by atoms with Crippen LogP contribution in [0.4, 0.5) is 0 Å². The lowest BCUT2D eigenvalue weighted by Gasteiger charge is -2.07. The lowest BCUT2D eigenvalue weighted by Crippen LogP contribution is -2.05. The summed E-state index contributed by atoms with van der Waals surface area (Å²) in [6, 6.07) is 0. The van der Waals surface area contributed by atoms with Crippen LogP contribution in [0.5, 0.6) is 0 Å². The molecule has 0 heterocycles. The second kappa shape index (κ2) is 27.9. The highest BCUT2D eigenvalue weighted by Crippen LogP contribution is 2.15. The predicted molar refractivity (Wildman–Crippen MR) is 151 cm³/mol. The molecule has 1 atom stereocenters. The van der Waals surface area contributed by atoms with Gasteiger partial charge in [0.05, 0.1) is 6.61 Å². The summed E-state index contributed by atoms with van der Waals surface area (Å²) in [7, 11) is 0. The van der Waals surface area contributed by atoms with Crippen molar-refractivity contribution in [2.24, 2.45) is 5.92 Å². The summed E-state index contributed by atoms with van der Waals surface area (Å²) in [4.78, 5) is 11.8. The standard InChI is InChI=1S/C32H58O2/c1-4-6-7-8-9-10-11-12-13-14-15-16-20-23-26-29-32(33)34-30-27-24-21-18-17-19-22-25-28-31(3)5-2/h6-7,9-10,12-13,31H,4-5,8,11,14-30H2,1-3H3/b7-6-,10-9-,13-12-. The van der Waals surface area contributed by atoms with E-state index in [-0.39, 0.29) is 5.97 Å². The van der Waals surface area contributed by atoms with E-state index in [9.17, 15) is 4.79 Å². The number of carbonyl (C=O) groups excluding carboxylic acids is 1. The molecule has 0 saturated carbocycles. The minimum Gasteiger partial charge on any atom is -0.466 e. The molecule has 0 aliphatic rings. The maximum Gasteiger partial charge on any atom is 0.305 e. The maximum atomic E-state index is 11.8. The maximum absolute atomic E-state index is 11.8. The quantitative estimate of drug-likeness (QED) is 0.0747. The van der Waals surface area contributed by atoms with Crippen LogP contribution in [0.15, 0.2) is 36.5 Å². The van der Waals surface area contributed by atoms with Crippen molar-refractivity contribution < 1.29 is 9.53 Å². The van der Waals surface area contributed by atoms with Crippen LogP contribution in [0.25, 0.3) is 0 Å². The zero-order valence-corrected chi connectivity index (χ0v) is 23.2. The Bertz CT molecular complexity index is 503. The summed E-state index contributed by atoms with van der Waals surface area (Å²) in [5.74, 6) is 0.902. The molecule has 2 heteroatoms. The van der Waals surface area contributed by atoms with E-state index in [1.807, 2.05) is 0 Å². The highest BCUT2D eigenvalue weighted by Gasteiger charge is 2.02. The van der Waals surface area contributed by atoms with Crippen molar-refractivity contribution >= 4 is 5.97 Å². The molecule has 0 aliphatic carbocycles. The molecule has 0 fully saturated rings. The predicted octanol–water partition coefficient (Wildman–Crippen LogP) is 10.7. The molecule has 0 aromatic heterocycles. The first-order valence-corrected chi connectivity index (χ1v) is 14.8. The number of rotatable bonds is 25. The molecule has 0 amide bonds. The fourth-order valence-electron chi connectivity index (χ4n) is 4.01. The molecule has 0 aromatic rings. The van der Waals surface area contributed by atoms with E-state index in [0.717, 1.165) is 44.4 Å². The highest BCUT2D eigenvalue weighted by atomic mass is 16.5. The van der Waals surface area contributed by atoms with Crippen molar-refractivity contribution in [3.8, 4) is 0 Å². The van der Waals surface area contributed by atoms with Gasteiger partial charge >= 0.3 is 5.97 Å². The Morgan fingerprint density at radius 3 is 1.82 bits per heavy atom. The van der Waals surface area contributed by atoms with Crippen molar-refractivity contribution in [3.63, 3.8) is 0 Å². The van der Waals surface area contributed by atoms with Crippen molar-refractivity contribution in [2.75, 3.05) is 6.61 Å². The molecule has 0 aliphatic heterocycles. The summed E-state index contributed by atoms with van der Waals surface area (Å²) in [6.07, 6.45) is 37.4. The Balaban J connectivity index is 3.28. The normalized spacial score (nSPS) is 12.9. The molecular weight excluding hydrogens is 416 g/mol. The highest BCUT2D eigenvalue weighted by molar-refractivity contribution is 5.69. The second-order valence-electron chi connectivity index (χ2n) is 9.95. The van der Waals surface area contributed by atoms with Gasteiger partial charge in [0.1, 0.15) is 0 Å². The van der Waals surface area contributed by atoms with Crippen molar-refractivity contribution in [3.05, 3.63) is 36.5 Å². The Kier molecular flexibility index (Phi) is 26.9. The first-order valence-electron chi connectivity index (χ1n) is 14.8. The molecule has 0 bridgehead atoms. The third kappa shape index (κ3) is 26.9. The Morgan fingerprint density at radius 2 is 1.18 bits per heavy atom. The van der Waals surface area contributed by atoms with Gasteiger partial charge in [-0.1, -0.05) is 134 Å². The molecule has 0 aromatic carbocycles. The summed E-state index contributed by atoms with van der Waals surface area (Å²) in [5, 5.41) is 0. The number of allylic oxidation sites excluding steroid dienone is 6. The number of esters is 1. The monoisotopic (exact) mass is 474 g/mol. The van der Waals surface area contributed by atoms with Gasteiger partial charge in [0.2, 0.25) is 0 Å². The first kappa shape index (κ1) is 32.7. The third-order valence-corrected chi connectivity index (χ3v) is 6.58. The van der Waals surface area contributed by atoms with Gasteiger partial charge in [-0.15, -0.1) is 0 Å². The van der Waals surface area contributed by atoms with Crippen LogP contribution in [0.2, 0.25) is 0 Å². The fourth-order valence-corrected chi connectivity index (χ4v) is 4.01. The van der Waals surface area contributed by atoms with E-state index in [4.69, 9.17) is 4.74 Å². The van der Waals surface area contributed by atoms with E-state index in [2.05, 4.69) is 57.2 Å². The van der Waals surface area contributed by atoms with Crippen LogP contribution in [0, 0.1) is 5.92 Å². The van der Waals surface area contributed by atoms with Gasteiger partial charge in [-0.05, 0) is 50.9 Å². The van der Waals surface area contributed by atoms with E-state index in [0.29, 0.717) is 13.0 Å². The van der Waals surface area contributed by atoms with Crippen molar-refractivity contribution in [1.82, 2.24) is 0 Å². The Morgan fingerprint density at radius 1 is 0.647 bits per heavy atom. The van der Waals surface area contributed by atoms with E-state index in [1.165, 1.54) is 83.5 Å². The molecular formula is C32H58O2. The van der Waals surface area contributed by atoms with E-state index < -0.39 is 0 Å². The van der Waals surface area contributed by atoms with Gasteiger partial charge in [0, 0.05) is 6.42 Å². The largest absolute Gasteiger partial charge is 0.466 e. The van der Waals surface area contributed by atoms with Crippen LogP contribution in [0.1, 0.15) is 149 Å². The molecule has 0 N–H and O–H groups in total. The fraction of sp³-hybridized carbons (Fsp3) is 0.781. The first-order chi connectivity index (χ1) is 16.7. The number of unbranched alkanes of at least 4 members (excludes halogenated alkanes) is 12. The summed E-state index contributed by atoms with van der Waals surface area (Å²) in [5.41, 5.74) is 0. The van der Waals surface area contributed by atoms with Crippen LogP contribution in [0.3, 0.4) is 0 Å². The van der Waals surface area contributed by atoms with E-state index in [1.54, 1.807) is 0 Å². The molecule has 0 saturated heterocycles. The van der Waals surface area contributed by atoms with Crippen molar-refractivity contribution in [1.29, 1.82) is 0 Å². The summed E-state index contributed by atoms with van der Waals surface area (Å²) < 4.78 is 5.40. The summed E-state index contributed by atoms with van der Waals surface area (Å²) >= 11 is 0. The van der Waals surface area contributed by atoms with E-state index >= 15 is 0 Å². The number of carbonyl (C=O) groups is 1. The molecule has 0 radical (unpaired) electrons. The molecule has 198 valence electrons. The zero-order chi connectivity index (χ0) is 25.0. The minimum atomic E-state index is 0.00230. The van der Waals surface area contributed by atoms with Gasteiger partial charge in [-0.2, -0.15) is 0 Å². The number of hydrogen-bond donors (Lipinski definition) is 0. The van der Waals surface area contributed by atoms with Gasteiger partial charge in [0.25, 0.3) is 0 Å². The van der Waals surface area contributed by atoms with Gasteiger partial charge in [0.15, 0.2) is 0 Å². The van der Waals surface area contributed by atoms with Gasteiger partial charge < -0.3 is 4.74 Å². The molecule has 1 unspecified atom stereocenters. The van der Waals surface area contributed by atoms with Gasteiger partial charge in [-0.25, -0.2) is 0 Å². The molecule has 34 heavy (non-hydrogen) atoms. The third-order valence-electron chi connectivity index (χ3n) is 6.58. The molecule has 0 spiro atoms. The second-order valence-corrected chi connectivity index (χ2v) is 9.95. The van der Waals surface area contributed by atoms with Gasteiger partial charge in [-0.3, -0.25) is 4.79 Å². The number of hydrogen-bond acceptors (Lipinski definition) is 2. The van der Waals surface area contributed by atoms with Crippen LogP contribution >= 0.6 is 0 Å². The average Bonchev–Trinajstić information content (AvgIpc) is 2.84. The summed E-state index contributed by atoms with van der Waals surface area (Å²) in [6.45, 7) is 7.43. The smallest absolute Gasteiger partial charge is 0.305 e. The average molecular weight is 475 g/mol. The molecule has 2 nitrogen and oxygen atoms in total. The van der Waals surface area contributed by atoms with Crippen LogP contribution in [-0.4, -0.2) is 12.6 Å². The van der Waals surface area contributed by atoms with Crippen LogP contribution < -0.4 is 0 Å².